The molecule has 0 aromatic heterocycles. The van der Waals surface area contributed by atoms with E-state index in [0.717, 1.165) is 6.42 Å². The lowest BCUT2D eigenvalue weighted by Crippen LogP contribution is -2.21. The van der Waals surface area contributed by atoms with Crippen molar-refractivity contribution in [2.45, 2.75) is 20.0 Å². The van der Waals surface area contributed by atoms with E-state index >= 15 is 0 Å². The Morgan fingerprint density at radius 1 is 1.17 bits per heavy atom. The first-order valence-electron chi connectivity index (χ1n) is 7.35. The van der Waals surface area contributed by atoms with Crippen LogP contribution in [0.3, 0.4) is 0 Å². The summed E-state index contributed by atoms with van der Waals surface area (Å²) < 4.78 is 28.6. The van der Waals surface area contributed by atoms with Gasteiger partial charge in [0.15, 0.2) is 0 Å². The van der Waals surface area contributed by atoms with E-state index in [1.54, 1.807) is 0 Å². The number of hydrogen-bond acceptors (Lipinski definition) is 3. The monoisotopic (exact) mass is 354 g/mol. The van der Waals surface area contributed by atoms with Crippen LogP contribution in [0.25, 0.3) is 0 Å². The van der Waals surface area contributed by atoms with Gasteiger partial charge in [-0.15, -0.1) is 0 Å². The third-order valence-corrected chi connectivity index (χ3v) is 3.54. The van der Waals surface area contributed by atoms with Gasteiger partial charge in [0.1, 0.15) is 5.75 Å². The largest absolute Gasteiger partial charge is 0.433 e. The maximum absolute atomic E-state index is 12.2. The van der Waals surface area contributed by atoms with E-state index in [1.165, 1.54) is 23.8 Å². The number of ether oxygens (including phenoxy) is 1. The fourth-order valence-electron chi connectivity index (χ4n) is 2.01. The van der Waals surface area contributed by atoms with E-state index in [0.29, 0.717) is 11.4 Å². The highest BCUT2D eigenvalue weighted by atomic mass is 35.5. The molecule has 0 aliphatic carbocycles. The van der Waals surface area contributed by atoms with Gasteiger partial charge in [0.05, 0.1) is 11.6 Å². The molecule has 0 saturated heterocycles. The van der Waals surface area contributed by atoms with Crippen LogP contribution in [-0.4, -0.2) is 19.1 Å². The SMILES string of the molecule is CCc1ccc(NC(=O)CNc2ccc(OC(F)F)c(Cl)c2)cc1. The van der Waals surface area contributed by atoms with E-state index in [9.17, 15) is 13.6 Å². The molecule has 0 spiro atoms. The van der Waals surface area contributed by atoms with Gasteiger partial charge in [-0.25, -0.2) is 0 Å². The van der Waals surface area contributed by atoms with Crippen molar-refractivity contribution in [3.05, 3.63) is 53.1 Å². The van der Waals surface area contributed by atoms with E-state index in [4.69, 9.17) is 11.6 Å². The molecule has 0 bridgehead atoms. The number of amides is 1. The first kappa shape index (κ1) is 18.0. The lowest BCUT2D eigenvalue weighted by molar-refractivity contribution is -0.114. The van der Waals surface area contributed by atoms with Crippen molar-refractivity contribution >= 4 is 28.9 Å². The quantitative estimate of drug-likeness (QED) is 0.766. The van der Waals surface area contributed by atoms with E-state index < -0.39 is 6.61 Å². The standard InChI is InChI=1S/C17H17ClF2N2O2/c1-2-11-3-5-12(6-4-11)22-16(23)10-21-13-7-8-15(14(18)9-13)24-17(19)20/h3-9,17,21H,2,10H2,1H3,(H,22,23). The van der Waals surface area contributed by atoms with Gasteiger partial charge in [-0.2, -0.15) is 8.78 Å². The topological polar surface area (TPSA) is 50.4 Å². The number of halogens is 3. The number of carbonyl (C=O) groups is 1. The molecule has 2 N–H and O–H groups in total. The predicted molar refractivity (Wildman–Crippen MR) is 91.0 cm³/mol. The lowest BCUT2D eigenvalue weighted by Gasteiger charge is -2.11. The molecular weight excluding hydrogens is 338 g/mol. The molecule has 0 radical (unpaired) electrons. The molecule has 2 aromatic carbocycles. The average molecular weight is 355 g/mol. The Hall–Kier alpha value is -2.34. The molecule has 0 aliphatic heterocycles. The minimum atomic E-state index is -2.94. The summed E-state index contributed by atoms with van der Waals surface area (Å²) in [5.41, 5.74) is 2.42. The molecule has 0 saturated carbocycles. The van der Waals surface area contributed by atoms with Crippen molar-refractivity contribution in [2.24, 2.45) is 0 Å². The lowest BCUT2D eigenvalue weighted by atomic mass is 10.1. The smallest absolute Gasteiger partial charge is 0.387 e. The van der Waals surface area contributed by atoms with Crippen LogP contribution in [0, 0.1) is 0 Å². The van der Waals surface area contributed by atoms with Crippen molar-refractivity contribution < 1.29 is 18.3 Å². The molecule has 2 aromatic rings. The Morgan fingerprint density at radius 2 is 1.83 bits per heavy atom. The van der Waals surface area contributed by atoms with E-state index in [2.05, 4.69) is 22.3 Å². The number of rotatable bonds is 7. The fourth-order valence-corrected chi connectivity index (χ4v) is 2.24. The second-order valence-corrected chi connectivity index (χ2v) is 5.38. The Bertz CT molecular complexity index is 693. The Balaban J connectivity index is 1.87. The highest BCUT2D eigenvalue weighted by Gasteiger charge is 2.09. The molecule has 4 nitrogen and oxygen atoms in total. The van der Waals surface area contributed by atoms with Gasteiger partial charge in [-0.3, -0.25) is 4.79 Å². The maximum Gasteiger partial charge on any atom is 0.387 e. The molecule has 2 rings (SSSR count). The highest BCUT2D eigenvalue weighted by Crippen LogP contribution is 2.28. The summed E-state index contributed by atoms with van der Waals surface area (Å²) in [6.45, 7) is -0.868. The van der Waals surface area contributed by atoms with Crippen LogP contribution in [0.15, 0.2) is 42.5 Å². The summed E-state index contributed by atoms with van der Waals surface area (Å²) in [6, 6.07) is 11.8. The molecule has 0 fully saturated rings. The molecule has 7 heteroatoms. The third-order valence-electron chi connectivity index (χ3n) is 3.25. The van der Waals surface area contributed by atoms with Crippen molar-refractivity contribution in [1.82, 2.24) is 0 Å². The number of alkyl halides is 2. The Labute approximate surface area is 143 Å². The zero-order valence-electron chi connectivity index (χ0n) is 13.0. The van der Waals surface area contributed by atoms with Gasteiger partial charge in [-0.1, -0.05) is 30.7 Å². The minimum Gasteiger partial charge on any atom is -0.433 e. The number of carbonyl (C=O) groups excluding carboxylic acids is 1. The van der Waals surface area contributed by atoms with E-state index in [1.807, 2.05) is 24.3 Å². The summed E-state index contributed by atoms with van der Waals surface area (Å²) in [7, 11) is 0. The third kappa shape index (κ3) is 5.38. The number of nitrogens with one attached hydrogen (secondary N) is 2. The van der Waals surface area contributed by atoms with Gasteiger partial charge < -0.3 is 15.4 Å². The van der Waals surface area contributed by atoms with Crippen molar-refractivity contribution in [3.8, 4) is 5.75 Å². The van der Waals surface area contributed by atoms with Crippen molar-refractivity contribution in [1.29, 1.82) is 0 Å². The molecule has 0 heterocycles. The normalized spacial score (nSPS) is 10.5. The second-order valence-electron chi connectivity index (χ2n) is 4.98. The van der Waals surface area contributed by atoms with Gasteiger partial charge in [0.2, 0.25) is 5.91 Å². The van der Waals surface area contributed by atoms with Crippen LogP contribution < -0.4 is 15.4 Å². The summed E-state index contributed by atoms with van der Waals surface area (Å²) in [5.74, 6) is -0.346. The minimum absolute atomic E-state index is 0.0148. The fraction of sp³-hybridized carbons (Fsp3) is 0.235. The summed E-state index contributed by atoms with van der Waals surface area (Å²) in [6.07, 6.45) is 0.932. The van der Waals surface area contributed by atoms with Crippen molar-refractivity contribution in [2.75, 3.05) is 17.2 Å². The Kier molecular flexibility index (Phi) is 6.37. The van der Waals surface area contributed by atoms with Gasteiger partial charge in [0.25, 0.3) is 0 Å². The molecule has 0 aliphatic rings. The van der Waals surface area contributed by atoms with Crippen LogP contribution in [0.4, 0.5) is 20.2 Å². The zero-order chi connectivity index (χ0) is 17.5. The second kappa shape index (κ2) is 8.49. The van der Waals surface area contributed by atoms with Crippen molar-refractivity contribution in [3.63, 3.8) is 0 Å². The predicted octanol–water partition coefficient (Wildman–Crippen LogP) is 4.55. The number of benzene rings is 2. The molecular formula is C17H17ClF2N2O2. The molecule has 0 atom stereocenters. The van der Waals surface area contributed by atoms with E-state index in [-0.39, 0.29) is 23.2 Å². The van der Waals surface area contributed by atoms with Crippen LogP contribution in [0.5, 0.6) is 5.75 Å². The van der Waals surface area contributed by atoms with Gasteiger partial charge >= 0.3 is 6.61 Å². The number of hydrogen-bond donors (Lipinski definition) is 2. The van der Waals surface area contributed by atoms with Crippen LogP contribution >= 0.6 is 11.6 Å². The molecule has 24 heavy (non-hydrogen) atoms. The number of anilines is 2. The summed E-state index contributed by atoms with van der Waals surface area (Å²) in [4.78, 5) is 11.9. The van der Waals surface area contributed by atoms with Crippen LogP contribution in [0.2, 0.25) is 5.02 Å². The van der Waals surface area contributed by atoms with Gasteiger partial charge in [0, 0.05) is 11.4 Å². The van der Waals surface area contributed by atoms with Gasteiger partial charge in [-0.05, 0) is 42.3 Å². The molecule has 1 amide bonds. The van der Waals surface area contributed by atoms with Crippen LogP contribution in [-0.2, 0) is 11.2 Å². The average Bonchev–Trinajstić information content (AvgIpc) is 2.55. The zero-order valence-corrected chi connectivity index (χ0v) is 13.7. The highest BCUT2D eigenvalue weighted by molar-refractivity contribution is 6.32. The first-order chi connectivity index (χ1) is 11.5. The summed E-state index contributed by atoms with van der Waals surface area (Å²) >= 11 is 5.85. The van der Waals surface area contributed by atoms with Crippen LogP contribution in [0.1, 0.15) is 12.5 Å². The number of aryl methyl sites for hydroxylation is 1. The summed E-state index contributed by atoms with van der Waals surface area (Å²) in [5, 5.41) is 5.66. The first-order valence-corrected chi connectivity index (χ1v) is 7.72. The molecule has 128 valence electrons. The maximum atomic E-state index is 12.2. The Morgan fingerprint density at radius 3 is 2.42 bits per heavy atom. The molecule has 0 unspecified atom stereocenters.